The quantitative estimate of drug-likeness (QED) is 0.740. The van der Waals surface area contributed by atoms with Gasteiger partial charge in [0.25, 0.3) is 11.8 Å². The number of amides is 2. The number of aryl methyl sites for hydroxylation is 1. The minimum absolute atomic E-state index is 0.0629. The van der Waals surface area contributed by atoms with Crippen LogP contribution in [0.1, 0.15) is 46.7 Å². The molecule has 3 rings (SSSR count). The summed E-state index contributed by atoms with van der Waals surface area (Å²) in [4.78, 5) is 29.4. The van der Waals surface area contributed by atoms with E-state index in [4.69, 9.17) is 0 Å². The van der Waals surface area contributed by atoms with E-state index < -0.39 is 0 Å². The van der Waals surface area contributed by atoms with Crippen LogP contribution in [0.4, 0.5) is 5.69 Å². The average molecular weight is 350 g/mol. The third kappa shape index (κ3) is 3.74. The van der Waals surface area contributed by atoms with Crippen molar-refractivity contribution in [2.24, 2.45) is 0 Å². The molecule has 0 aliphatic carbocycles. The number of anilines is 1. The zero-order valence-electron chi connectivity index (χ0n) is 15.1. The first-order valence-corrected chi connectivity index (χ1v) is 8.64. The summed E-state index contributed by atoms with van der Waals surface area (Å²) >= 11 is 0. The zero-order valence-corrected chi connectivity index (χ0v) is 15.1. The van der Waals surface area contributed by atoms with E-state index in [1.54, 1.807) is 34.9 Å². The van der Waals surface area contributed by atoms with E-state index in [1.807, 2.05) is 39.1 Å². The van der Waals surface area contributed by atoms with Crippen LogP contribution in [0.3, 0.4) is 0 Å². The second-order valence-corrected chi connectivity index (χ2v) is 6.38. The Kier molecular flexibility index (Phi) is 5.02. The number of rotatable bonds is 5. The van der Waals surface area contributed by atoms with Gasteiger partial charge in [0, 0.05) is 18.4 Å². The smallest absolute Gasteiger partial charge is 0.275 e. The molecule has 0 bridgehead atoms. The van der Waals surface area contributed by atoms with Crippen LogP contribution >= 0.6 is 0 Å². The third-order valence-corrected chi connectivity index (χ3v) is 4.26. The topological polar surface area (TPSA) is 75.5 Å². The van der Waals surface area contributed by atoms with Crippen molar-refractivity contribution >= 4 is 23.1 Å². The predicted octanol–water partition coefficient (Wildman–Crippen LogP) is 3.42. The van der Waals surface area contributed by atoms with Crippen LogP contribution in [0.5, 0.6) is 0 Å². The van der Waals surface area contributed by atoms with Crippen molar-refractivity contribution in [2.45, 2.75) is 33.2 Å². The molecule has 0 aliphatic heterocycles. The zero-order chi connectivity index (χ0) is 18.7. The molecule has 3 aromatic rings. The first-order valence-electron chi connectivity index (χ1n) is 8.64. The third-order valence-electron chi connectivity index (χ3n) is 4.26. The lowest BCUT2D eigenvalue weighted by molar-refractivity contribution is 0.0940. The van der Waals surface area contributed by atoms with Crippen molar-refractivity contribution in [2.75, 3.05) is 5.32 Å². The average Bonchev–Trinajstić information content (AvgIpc) is 3.05. The van der Waals surface area contributed by atoms with Crippen LogP contribution in [-0.4, -0.2) is 27.2 Å². The van der Waals surface area contributed by atoms with E-state index in [9.17, 15) is 9.59 Å². The highest BCUT2D eigenvalue weighted by Crippen LogP contribution is 2.17. The Balaban J connectivity index is 1.83. The first-order chi connectivity index (χ1) is 12.5. The molecule has 0 radical (unpaired) electrons. The van der Waals surface area contributed by atoms with Gasteiger partial charge in [-0.15, -0.1) is 0 Å². The van der Waals surface area contributed by atoms with Gasteiger partial charge in [-0.3, -0.25) is 9.59 Å². The Hall–Kier alpha value is -3.15. The molecular formula is C20H22N4O2. The highest BCUT2D eigenvalue weighted by molar-refractivity contribution is 6.08. The molecule has 6 nitrogen and oxygen atoms in total. The number of imidazole rings is 1. The number of hydrogen-bond acceptors (Lipinski definition) is 3. The molecule has 26 heavy (non-hydrogen) atoms. The Morgan fingerprint density at radius 3 is 2.73 bits per heavy atom. The largest absolute Gasteiger partial charge is 0.350 e. The second-order valence-electron chi connectivity index (χ2n) is 6.38. The summed E-state index contributed by atoms with van der Waals surface area (Å²) in [6.07, 6.45) is 4.37. The number of para-hydroxylation sites is 1. The normalized spacial score (nSPS) is 12.0. The number of pyridine rings is 1. The van der Waals surface area contributed by atoms with E-state index in [0.717, 1.165) is 12.0 Å². The van der Waals surface area contributed by atoms with Gasteiger partial charge in [-0.2, -0.15) is 0 Å². The molecule has 0 saturated heterocycles. The van der Waals surface area contributed by atoms with E-state index in [2.05, 4.69) is 15.6 Å². The van der Waals surface area contributed by atoms with Crippen molar-refractivity contribution in [3.63, 3.8) is 0 Å². The molecule has 2 amide bonds. The molecule has 1 unspecified atom stereocenters. The summed E-state index contributed by atoms with van der Waals surface area (Å²) in [5.74, 6) is -0.559. The van der Waals surface area contributed by atoms with E-state index in [0.29, 0.717) is 22.6 Å². The minimum atomic E-state index is -0.352. The van der Waals surface area contributed by atoms with Crippen molar-refractivity contribution in [3.05, 3.63) is 65.6 Å². The summed E-state index contributed by atoms with van der Waals surface area (Å²) in [5, 5.41) is 5.72. The van der Waals surface area contributed by atoms with Gasteiger partial charge in [-0.05, 0) is 50.1 Å². The molecular weight excluding hydrogens is 328 g/mol. The highest BCUT2D eigenvalue weighted by atomic mass is 16.2. The monoisotopic (exact) mass is 350 g/mol. The molecule has 2 heterocycles. The number of fused-ring (bicyclic) bond motifs is 1. The van der Waals surface area contributed by atoms with E-state index in [1.165, 1.54) is 0 Å². The fourth-order valence-corrected chi connectivity index (χ4v) is 2.57. The fourth-order valence-electron chi connectivity index (χ4n) is 2.57. The minimum Gasteiger partial charge on any atom is -0.350 e. The molecule has 134 valence electrons. The van der Waals surface area contributed by atoms with Gasteiger partial charge >= 0.3 is 0 Å². The Bertz CT molecular complexity index is 961. The maximum absolute atomic E-state index is 12.6. The molecule has 6 heteroatoms. The van der Waals surface area contributed by atoms with Crippen LogP contribution in [0.2, 0.25) is 0 Å². The van der Waals surface area contributed by atoms with Crippen LogP contribution in [0.15, 0.2) is 48.8 Å². The summed E-state index contributed by atoms with van der Waals surface area (Å²) < 4.78 is 1.80. The molecule has 0 aliphatic rings. The number of carbonyl (C=O) groups is 2. The van der Waals surface area contributed by atoms with Crippen molar-refractivity contribution in [1.82, 2.24) is 14.7 Å². The predicted molar refractivity (Wildman–Crippen MR) is 102 cm³/mol. The maximum Gasteiger partial charge on any atom is 0.275 e. The van der Waals surface area contributed by atoms with Crippen molar-refractivity contribution in [3.8, 4) is 0 Å². The number of nitrogens with one attached hydrogen (secondary N) is 2. The van der Waals surface area contributed by atoms with Gasteiger partial charge in [0.15, 0.2) is 0 Å². The summed E-state index contributed by atoms with van der Waals surface area (Å²) in [7, 11) is 0. The standard InChI is InChI=1S/C20H22N4O2/c1-4-14(3)21-19(25)15-7-5-6-8-16(15)23-20(26)17-12-24-10-9-13(2)11-18(24)22-17/h5-12,14H,4H2,1-3H3,(H,21,25)(H,23,26). The molecule has 0 fully saturated rings. The van der Waals surface area contributed by atoms with Gasteiger partial charge in [0.2, 0.25) is 0 Å². The first kappa shape index (κ1) is 17.7. The Labute approximate surface area is 152 Å². The Morgan fingerprint density at radius 1 is 1.19 bits per heavy atom. The second kappa shape index (κ2) is 7.39. The van der Waals surface area contributed by atoms with Crippen LogP contribution in [0, 0.1) is 6.92 Å². The lowest BCUT2D eigenvalue weighted by Crippen LogP contribution is -2.32. The van der Waals surface area contributed by atoms with E-state index in [-0.39, 0.29) is 17.9 Å². The van der Waals surface area contributed by atoms with Gasteiger partial charge < -0.3 is 15.0 Å². The molecule has 2 aromatic heterocycles. The molecule has 1 aromatic carbocycles. The number of carbonyl (C=O) groups excluding carboxylic acids is 2. The van der Waals surface area contributed by atoms with Crippen molar-refractivity contribution in [1.29, 1.82) is 0 Å². The number of benzene rings is 1. The van der Waals surface area contributed by atoms with Gasteiger partial charge in [-0.25, -0.2) is 4.98 Å². The number of hydrogen-bond donors (Lipinski definition) is 2. The molecule has 0 saturated carbocycles. The number of nitrogens with zero attached hydrogens (tertiary/aromatic N) is 2. The summed E-state index contributed by atoms with van der Waals surface area (Å²) in [6, 6.07) is 10.9. The van der Waals surface area contributed by atoms with Gasteiger partial charge in [0.1, 0.15) is 11.3 Å². The van der Waals surface area contributed by atoms with Crippen LogP contribution < -0.4 is 10.6 Å². The van der Waals surface area contributed by atoms with Crippen LogP contribution in [0.25, 0.3) is 5.65 Å². The number of aromatic nitrogens is 2. The van der Waals surface area contributed by atoms with Gasteiger partial charge in [-0.1, -0.05) is 19.1 Å². The lowest BCUT2D eigenvalue weighted by atomic mass is 10.1. The summed E-state index contributed by atoms with van der Waals surface area (Å²) in [6.45, 7) is 5.92. The SMILES string of the molecule is CCC(C)NC(=O)c1ccccc1NC(=O)c1cn2ccc(C)cc2n1. The molecule has 1 atom stereocenters. The maximum atomic E-state index is 12.6. The molecule has 0 spiro atoms. The highest BCUT2D eigenvalue weighted by Gasteiger charge is 2.17. The molecule has 2 N–H and O–H groups in total. The van der Waals surface area contributed by atoms with Crippen LogP contribution in [-0.2, 0) is 0 Å². The van der Waals surface area contributed by atoms with E-state index >= 15 is 0 Å². The van der Waals surface area contributed by atoms with Crippen molar-refractivity contribution < 1.29 is 9.59 Å². The Morgan fingerprint density at radius 2 is 1.96 bits per heavy atom. The summed E-state index contributed by atoms with van der Waals surface area (Å²) in [5.41, 5.74) is 2.97. The fraction of sp³-hybridized carbons (Fsp3) is 0.250. The van der Waals surface area contributed by atoms with Gasteiger partial charge in [0.05, 0.1) is 11.3 Å². The lowest BCUT2D eigenvalue weighted by Gasteiger charge is -2.14.